The molecule has 1 aromatic carbocycles. The van der Waals surface area contributed by atoms with Crippen LogP contribution in [-0.2, 0) is 9.59 Å². The normalized spacial score (nSPS) is 15.9. The lowest BCUT2D eigenvalue weighted by molar-refractivity contribution is -0.134. The van der Waals surface area contributed by atoms with E-state index in [2.05, 4.69) is 5.32 Å². The van der Waals surface area contributed by atoms with Crippen LogP contribution in [0, 0.1) is 17.6 Å². The number of likely N-dealkylation sites (tertiary alicyclic amines) is 1. The summed E-state index contributed by atoms with van der Waals surface area (Å²) in [5.74, 6) is -2.27. The third kappa shape index (κ3) is 3.77. The van der Waals surface area contributed by atoms with Crippen molar-refractivity contribution in [3.8, 4) is 0 Å². The fourth-order valence-corrected chi connectivity index (χ4v) is 2.43. The van der Waals surface area contributed by atoms with Crippen molar-refractivity contribution in [2.45, 2.75) is 26.2 Å². The third-order valence-electron chi connectivity index (χ3n) is 3.71. The van der Waals surface area contributed by atoms with Gasteiger partial charge < -0.3 is 10.2 Å². The van der Waals surface area contributed by atoms with Crippen LogP contribution in [0.4, 0.5) is 14.5 Å². The molecule has 21 heavy (non-hydrogen) atoms. The number of carbonyl (C=O) groups is 2. The molecule has 1 fully saturated rings. The smallest absolute Gasteiger partial charge is 0.227 e. The van der Waals surface area contributed by atoms with Crippen LogP contribution in [0.15, 0.2) is 18.2 Å². The number of carbonyl (C=O) groups excluding carboxylic acids is 2. The summed E-state index contributed by atoms with van der Waals surface area (Å²) in [6.45, 7) is 2.93. The fourth-order valence-electron chi connectivity index (χ4n) is 2.43. The molecule has 4 nitrogen and oxygen atoms in total. The molecule has 0 saturated carbocycles. The van der Waals surface area contributed by atoms with Crippen LogP contribution in [-0.4, -0.2) is 29.8 Å². The summed E-state index contributed by atoms with van der Waals surface area (Å²) in [4.78, 5) is 25.4. The van der Waals surface area contributed by atoms with Gasteiger partial charge in [0.25, 0.3) is 0 Å². The van der Waals surface area contributed by atoms with Crippen LogP contribution in [0.3, 0.4) is 0 Å². The van der Waals surface area contributed by atoms with Crippen molar-refractivity contribution in [1.29, 1.82) is 0 Å². The van der Waals surface area contributed by atoms with Gasteiger partial charge in [0.2, 0.25) is 11.8 Å². The molecule has 0 aromatic heterocycles. The second kappa shape index (κ2) is 6.65. The average molecular weight is 296 g/mol. The summed E-state index contributed by atoms with van der Waals surface area (Å²) < 4.78 is 25.9. The highest BCUT2D eigenvalue weighted by Crippen LogP contribution is 2.21. The maximum atomic E-state index is 13.1. The summed E-state index contributed by atoms with van der Waals surface area (Å²) in [5, 5.41) is 2.59. The largest absolute Gasteiger partial charge is 0.343 e. The van der Waals surface area contributed by atoms with E-state index in [0.29, 0.717) is 32.4 Å². The lowest BCUT2D eigenvalue weighted by atomic mass is 9.95. The van der Waals surface area contributed by atoms with Crippen molar-refractivity contribution < 1.29 is 18.4 Å². The minimum Gasteiger partial charge on any atom is -0.343 e. The van der Waals surface area contributed by atoms with Gasteiger partial charge in [-0.3, -0.25) is 9.59 Å². The number of anilines is 1. The van der Waals surface area contributed by atoms with Crippen LogP contribution >= 0.6 is 0 Å². The first kappa shape index (κ1) is 15.4. The summed E-state index contributed by atoms with van der Waals surface area (Å²) in [5.41, 5.74) is 0.242. The highest BCUT2D eigenvalue weighted by atomic mass is 19.2. The second-order valence-electron chi connectivity index (χ2n) is 5.13. The van der Waals surface area contributed by atoms with E-state index in [1.54, 1.807) is 4.90 Å². The maximum absolute atomic E-state index is 13.1. The molecule has 0 radical (unpaired) electrons. The van der Waals surface area contributed by atoms with Crippen molar-refractivity contribution in [2.75, 3.05) is 18.4 Å². The van der Waals surface area contributed by atoms with Crippen LogP contribution in [0.5, 0.6) is 0 Å². The standard InChI is InChI=1S/C15H18F2N2O2/c1-2-14(20)19-7-5-10(6-8-19)15(21)18-11-3-4-12(16)13(17)9-11/h3-4,9-10H,2,5-8H2,1H3,(H,18,21). The van der Waals surface area contributed by atoms with Crippen molar-refractivity contribution in [3.05, 3.63) is 29.8 Å². The van der Waals surface area contributed by atoms with Gasteiger partial charge in [-0.1, -0.05) is 6.92 Å². The number of halogens is 2. The molecule has 2 rings (SSSR count). The van der Waals surface area contributed by atoms with Gasteiger partial charge in [0, 0.05) is 37.2 Å². The second-order valence-corrected chi connectivity index (χ2v) is 5.13. The number of amides is 2. The van der Waals surface area contributed by atoms with E-state index in [4.69, 9.17) is 0 Å². The highest BCUT2D eigenvalue weighted by molar-refractivity contribution is 5.92. The number of hydrogen-bond donors (Lipinski definition) is 1. The molecular formula is C15H18F2N2O2. The lowest BCUT2D eigenvalue weighted by Crippen LogP contribution is -2.41. The zero-order valence-electron chi connectivity index (χ0n) is 11.9. The number of piperidine rings is 1. The Morgan fingerprint density at radius 3 is 2.48 bits per heavy atom. The number of nitrogens with one attached hydrogen (secondary N) is 1. The molecule has 1 N–H and O–H groups in total. The predicted molar refractivity (Wildman–Crippen MR) is 74.6 cm³/mol. The molecule has 6 heteroatoms. The Labute approximate surface area is 122 Å². The summed E-state index contributed by atoms with van der Waals surface area (Å²) >= 11 is 0. The van der Waals surface area contributed by atoms with Gasteiger partial charge in [0.05, 0.1) is 0 Å². The zero-order valence-corrected chi connectivity index (χ0v) is 11.9. The molecule has 0 atom stereocenters. The molecule has 0 bridgehead atoms. The van der Waals surface area contributed by atoms with Crippen LogP contribution in [0.25, 0.3) is 0 Å². The summed E-state index contributed by atoms with van der Waals surface area (Å²) in [7, 11) is 0. The minimum atomic E-state index is -0.990. The molecule has 1 aliphatic rings. The van der Waals surface area contributed by atoms with E-state index in [1.165, 1.54) is 6.07 Å². The zero-order chi connectivity index (χ0) is 15.4. The Morgan fingerprint density at radius 1 is 1.24 bits per heavy atom. The summed E-state index contributed by atoms with van der Waals surface area (Å²) in [6, 6.07) is 3.27. The maximum Gasteiger partial charge on any atom is 0.227 e. The van der Waals surface area contributed by atoms with Crippen LogP contribution in [0.1, 0.15) is 26.2 Å². The van der Waals surface area contributed by atoms with Crippen LogP contribution < -0.4 is 5.32 Å². The molecule has 1 aliphatic heterocycles. The monoisotopic (exact) mass is 296 g/mol. The van der Waals surface area contributed by atoms with Crippen molar-refractivity contribution in [1.82, 2.24) is 4.90 Å². The Bertz CT molecular complexity index is 540. The molecule has 0 aliphatic carbocycles. The van der Waals surface area contributed by atoms with Crippen molar-refractivity contribution >= 4 is 17.5 Å². The molecule has 1 aromatic rings. The van der Waals surface area contributed by atoms with E-state index in [1.807, 2.05) is 6.92 Å². The highest BCUT2D eigenvalue weighted by Gasteiger charge is 2.26. The number of benzene rings is 1. The molecule has 114 valence electrons. The first-order valence-corrected chi connectivity index (χ1v) is 7.05. The molecule has 2 amide bonds. The van der Waals surface area contributed by atoms with Gasteiger partial charge in [0.1, 0.15) is 0 Å². The van der Waals surface area contributed by atoms with E-state index < -0.39 is 11.6 Å². The minimum absolute atomic E-state index is 0.0921. The van der Waals surface area contributed by atoms with Gasteiger partial charge in [-0.2, -0.15) is 0 Å². The van der Waals surface area contributed by atoms with E-state index >= 15 is 0 Å². The Kier molecular flexibility index (Phi) is 4.88. The van der Waals surface area contributed by atoms with Crippen LogP contribution in [0.2, 0.25) is 0 Å². The average Bonchev–Trinajstić information content (AvgIpc) is 2.50. The fraction of sp³-hybridized carbons (Fsp3) is 0.467. The van der Waals surface area contributed by atoms with Gasteiger partial charge >= 0.3 is 0 Å². The third-order valence-corrected chi connectivity index (χ3v) is 3.71. The number of nitrogens with zero attached hydrogens (tertiary/aromatic N) is 1. The SMILES string of the molecule is CCC(=O)N1CCC(C(=O)Nc2ccc(F)c(F)c2)CC1. The number of hydrogen-bond acceptors (Lipinski definition) is 2. The molecule has 0 spiro atoms. The van der Waals surface area contributed by atoms with Gasteiger partial charge in [0.15, 0.2) is 11.6 Å². The lowest BCUT2D eigenvalue weighted by Gasteiger charge is -2.31. The number of rotatable bonds is 3. The van der Waals surface area contributed by atoms with E-state index in [0.717, 1.165) is 12.1 Å². The Balaban J connectivity index is 1.90. The van der Waals surface area contributed by atoms with E-state index in [9.17, 15) is 18.4 Å². The molecule has 1 saturated heterocycles. The van der Waals surface area contributed by atoms with E-state index in [-0.39, 0.29) is 23.4 Å². The van der Waals surface area contributed by atoms with Crippen molar-refractivity contribution in [2.24, 2.45) is 5.92 Å². The molecule has 1 heterocycles. The van der Waals surface area contributed by atoms with Gasteiger partial charge in [-0.15, -0.1) is 0 Å². The first-order chi connectivity index (χ1) is 10.0. The topological polar surface area (TPSA) is 49.4 Å². The molecular weight excluding hydrogens is 278 g/mol. The quantitative estimate of drug-likeness (QED) is 0.932. The Hall–Kier alpha value is -1.98. The van der Waals surface area contributed by atoms with Gasteiger partial charge in [-0.05, 0) is 25.0 Å². The van der Waals surface area contributed by atoms with Crippen molar-refractivity contribution in [3.63, 3.8) is 0 Å². The summed E-state index contributed by atoms with van der Waals surface area (Å²) in [6.07, 6.45) is 1.63. The molecule has 0 unspecified atom stereocenters. The predicted octanol–water partition coefficient (Wildman–Crippen LogP) is 2.55. The first-order valence-electron chi connectivity index (χ1n) is 7.05. The van der Waals surface area contributed by atoms with Gasteiger partial charge in [-0.25, -0.2) is 8.78 Å². The Morgan fingerprint density at radius 2 is 1.90 bits per heavy atom.